The summed E-state index contributed by atoms with van der Waals surface area (Å²) in [4.78, 5) is 2.34. The molecule has 0 saturated carbocycles. The third-order valence-corrected chi connectivity index (χ3v) is 1.86. The molecule has 0 spiro atoms. The van der Waals surface area contributed by atoms with Gasteiger partial charge in [-0.05, 0) is 32.9 Å². The number of allylic oxidation sites excluding steroid dienone is 1. The van der Waals surface area contributed by atoms with Crippen molar-refractivity contribution in [3.63, 3.8) is 0 Å². The maximum Gasteiger partial charge on any atom is 0.000691 e. The van der Waals surface area contributed by atoms with Crippen LogP contribution in [-0.2, 0) is 0 Å². The fourth-order valence-corrected chi connectivity index (χ4v) is 1.32. The fraction of sp³-hybridized carbons (Fsp3) is 0.800. The zero-order valence-corrected chi connectivity index (χ0v) is 8.35. The highest BCUT2D eigenvalue weighted by molar-refractivity contribution is 4.89. The van der Waals surface area contributed by atoms with E-state index < -0.39 is 0 Å². The van der Waals surface area contributed by atoms with Crippen molar-refractivity contribution >= 4 is 0 Å². The van der Waals surface area contributed by atoms with Crippen LogP contribution in [0.25, 0.3) is 0 Å². The Balaban J connectivity index is 3.51. The summed E-state index contributed by atoms with van der Waals surface area (Å²) in [6, 6.07) is 0. The SMILES string of the molecule is C=C(C)C[C@H](C)CN(C)CC. The third kappa shape index (κ3) is 6.11. The maximum absolute atomic E-state index is 3.91. The van der Waals surface area contributed by atoms with Crippen LogP contribution >= 0.6 is 0 Å². The van der Waals surface area contributed by atoms with E-state index in [4.69, 9.17) is 0 Å². The highest BCUT2D eigenvalue weighted by Crippen LogP contribution is 2.09. The van der Waals surface area contributed by atoms with Crippen molar-refractivity contribution in [2.75, 3.05) is 20.1 Å². The Labute approximate surface area is 71.1 Å². The minimum Gasteiger partial charge on any atom is -0.306 e. The molecule has 0 rings (SSSR count). The summed E-state index contributed by atoms with van der Waals surface area (Å²) in [6.07, 6.45) is 1.16. The van der Waals surface area contributed by atoms with Crippen molar-refractivity contribution in [2.24, 2.45) is 5.92 Å². The minimum atomic E-state index is 0.748. The van der Waals surface area contributed by atoms with E-state index in [9.17, 15) is 0 Å². The Bertz CT molecular complexity index is 118. The van der Waals surface area contributed by atoms with E-state index in [0.29, 0.717) is 0 Å². The first-order valence-electron chi connectivity index (χ1n) is 4.39. The summed E-state index contributed by atoms with van der Waals surface area (Å²) >= 11 is 0. The summed E-state index contributed by atoms with van der Waals surface area (Å²) in [5.74, 6) is 0.748. The first-order valence-corrected chi connectivity index (χ1v) is 4.39. The molecule has 1 heteroatoms. The highest BCUT2D eigenvalue weighted by Gasteiger charge is 2.04. The molecule has 0 aliphatic carbocycles. The molecule has 0 aromatic rings. The number of hydrogen-bond donors (Lipinski definition) is 0. The predicted octanol–water partition coefficient (Wildman–Crippen LogP) is 2.54. The van der Waals surface area contributed by atoms with Crippen LogP contribution in [0, 0.1) is 5.92 Å². The molecule has 1 atom stereocenters. The molecule has 0 unspecified atom stereocenters. The standard InChI is InChI=1S/C10H21N/c1-6-11(5)8-10(4)7-9(2)3/h10H,2,6-8H2,1,3-5H3/t10-/m0/s1. The van der Waals surface area contributed by atoms with Crippen LogP contribution in [0.4, 0.5) is 0 Å². The van der Waals surface area contributed by atoms with Gasteiger partial charge in [-0.25, -0.2) is 0 Å². The lowest BCUT2D eigenvalue weighted by Gasteiger charge is -2.19. The number of nitrogens with zero attached hydrogens (tertiary/aromatic N) is 1. The zero-order chi connectivity index (χ0) is 8.85. The Hall–Kier alpha value is -0.300. The second-order valence-electron chi connectivity index (χ2n) is 3.62. The Morgan fingerprint density at radius 3 is 2.45 bits per heavy atom. The topological polar surface area (TPSA) is 3.24 Å². The van der Waals surface area contributed by atoms with Gasteiger partial charge in [0.25, 0.3) is 0 Å². The van der Waals surface area contributed by atoms with Crippen LogP contribution < -0.4 is 0 Å². The van der Waals surface area contributed by atoms with Crippen LogP contribution in [0.1, 0.15) is 27.2 Å². The maximum atomic E-state index is 3.91. The van der Waals surface area contributed by atoms with Gasteiger partial charge < -0.3 is 4.90 Å². The van der Waals surface area contributed by atoms with Gasteiger partial charge in [0.15, 0.2) is 0 Å². The van der Waals surface area contributed by atoms with Crippen molar-refractivity contribution in [1.29, 1.82) is 0 Å². The van der Waals surface area contributed by atoms with Gasteiger partial charge in [0.05, 0.1) is 0 Å². The summed E-state index contributed by atoms with van der Waals surface area (Å²) in [5.41, 5.74) is 1.29. The van der Waals surface area contributed by atoms with Crippen LogP contribution in [0.15, 0.2) is 12.2 Å². The normalized spacial score (nSPS) is 13.5. The molecule has 0 radical (unpaired) electrons. The average Bonchev–Trinajstić information content (AvgIpc) is 1.85. The lowest BCUT2D eigenvalue weighted by atomic mass is 10.0. The average molecular weight is 155 g/mol. The molecule has 0 aliphatic heterocycles. The Morgan fingerprint density at radius 1 is 1.55 bits per heavy atom. The first-order chi connectivity index (χ1) is 5.06. The van der Waals surface area contributed by atoms with Crippen molar-refractivity contribution in [1.82, 2.24) is 4.90 Å². The van der Waals surface area contributed by atoms with Crippen LogP contribution in [-0.4, -0.2) is 25.0 Å². The molecule has 11 heavy (non-hydrogen) atoms. The molecular formula is C10H21N. The molecular weight excluding hydrogens is 134 g/mol. The van der Waals surface area contributed by atoms with E-state index in [1.54, 1.807) is 0 Å². The van der Waals surface area contributed by atoms with E-state index in [1.807, 2.05) is 0 Å². The van der Waals surface area contributed by atoms with E-state index in [0.717, 1.165) is 18.9 Å². The Morgan fingerprint density at radius 2 is 2.09 bits per heavy atom. The van der Waals surface area contributed by atoms with Gasteiger partial charge in [0.2, 0.25) is 0 Å². The van der Waals surface area contributed by atoms with Gasteiger partial charge in [-0.3, -0.25) is 0 Å². The van der Waals surface area contributed by atoms with Crippen LogP contribution in [0.3, 0.4) is 0 Å². The predicted molar refractivity (Wildman–Crippen MR) is 51.8 cm³/mol. The molecule has 0 aromatic heterocycles. The lowest BCUT2D eigenvalue weighted by molar-refractivity contribution is 0.298. The van der Waals surface area contributed by atoms with Gasteiger partial charge in [0.1, 0.15) is 0 Å². The molecule has 0 N–H and O–H groups in total. The Kier molecular flexibility index (Phi) is 5.22. The molecule has 0 saturated heterocycles. The van der Waals surface area contributed by atoms with Crippen molar-refractivity contribution in [3.05, 3.63) is 12.2 Å². The molecule has 0 aromatic carbocycles. The largest absolute Gasteiger partial charge is 0.306 e. The summed E-state index contributed by atoms with van der Waals surface area (Å²) in [6.45, 7) is 12.8. The molecule has 0 fully saturated rings. The first kappa shape index (κ1) is 10.7. The quantitative estimate of drug-likeness (QED) is 0.551. The van der Waals surface area contributed by atoms with Crippen LogP contribution in [0.5, 0.6) is 0 Å². The van der Waals surface area contributed by atoms with E-state index in [-0.39, 0.29) is 0 Å². The second kappa shape index (κ2) is 5.36. The third-order valence-electron chi connectivity index (χ3n) is 1.86. The zero-order valence-electron chi connectivity index (χ0n) is 8.35. The summed E-state index contributed by atoms with van der Waals surface area (Å²) < 4.78 is 0. The van der Waals surface area contributed by atoms with Crippen molar-refractivity contribution in [2.45, 2.75) is 27.2 Å². The highest BCUT2D eigenvalue weighted by atomic mass is 15.1. The molecule has 0 amide bonds. The molecule has 1 nitrogen and oxygen atoms in total. The lowest BCUT2D eigenvalue weighted by Crippen LogP contribution is -2.23. The molecule has 0 heterocycles. The molecule has 0 bridgehead atoms. The summed E-state index contributed by atoms with van der Waals surface area (Å²) in [5, 5.41) is 0. The van der Waals surface area contributed by atoms with Gasteiger partial charge >= 0.3 is 0 Å². The van der Waals surface area contributed by atoms with Gasteiger partial charge in [-0.15, -0.1) is 6.58 Å². The number of rotatable bonds is 5. The van der Waals surface area contributed by atoms with Gasteiger partial charge in [0, 0.05) is 6.54 Å². The fourth-order valence-electron chi connectivity index (χ4n) is 1.32. The van der Waals surface area contributed by atoms with Gasteiger partial charge in [-0.2, -0.15) is 0 Å². The second-order valence-corrected chi connectivity index (χ2v) is 3.62. The summed E-state index contributed by atoms with van der Waals surface area (Å²) in [7, 11) is 2.16. The van der Waals surface area contributed by atoms with Crippen molar-refractivity contribution in [3.8, 4) is 0 Å². The number of hydrogen-bond acceptors (Lipinski definition) is 1. The molecule has 0 aliphatic rings. The van der Waals surface area contributed by atoms with Crippen LogP contribution in [0.2, 0.25) is 0 Å². The van der Waals surface area contributed by atoms with Crippen molar-refractivity contribution < 1.29 is 0 Å². The monoisotopic (exact) mass is 155 g/mol. The van der Waals surface area contributed by atoms with Gasteiger partial charge in [-0.1, -0.05) is 19.4 Å². The van der Waals surface area contributed by atoms with E-state index >= 15 is 0 Å². The molecule has 66 valence electrons. The van der Waals surface area contributed by atoms with E-state index in [1.165, 1.54) is 12.1 Å². The van der Waals surface area contributed by atoms with E-state index in [2.05, 4.69) is 39.3 Å². The minimum absolute atomic E-state index is 0.748. The smallest absolute Gasteiger partial charge is 0.000691 e.